The standard InChI is InChI=1S/C22H24O10/c1-29-19(25)13-11-9-7-5-6-8-10(9)12(15(17(13)23)21(27)31-3)16(22(28)32-4)18(24)14(11)20(26)30-2/h5-8,11-17,23H,1-4H3/t11-,12+,13-,14-,15+,16+,17?. The van der Waals surface area contributed by atoms with Gasteiger partial charge >= 0.3 is 23.9 Å². The minimum Gasteiger partial charge on any atom is -0.469 e. The molecular formula is C22H24O10. The van der Waals surface area contributed by atoms with Gasteiger partial charge < -0.3 is 24.1 Å². The predicted molar refractivity (Wildman–Crippen MR) is 105 cm³/mol. The van der Waals surface area contributed by atoms with Crippen LogP contribution in [0.25, 0.3) is 0 Å². The van der Waals surface area contributed by atoms with E-state index in [-0.39, 0.29) is 0 Å². The van der Waals surface area contributed by atoms with E-state index in [0.717, 1.165) is 28.4 Å². The maximum absolute atomic E-state index is 13.7. The third-order valence-electron chi connectivity index (χ3n) is 6.41. The van der Waals surface area contributed by atoms with Crippen molar-refractivity contribution in [1.82, 2.24) is 0 Å². The van der Waals surface area contributed by atoms with Crippen LogP contribution in [0.2, 0.25) is 0 Å². The molecule has 2 aliphatic carbocycles. The fourth-order valence-electron chi connectivity index (χ4n) is 5.10. The number of aliphatic hydroxyl groups excluding tert-OH is 1. The molecule has 0 amide bonds. The summed E-state index contributed by atoms with van der Waals surface area (Å²) in [6.45, 7) is 0. The molecule has 2 bridgehead atoms. The van der Waals surface area contributed by atoms with Crippen molar-refractivity contribution >= 4 is 29.7 Å². The zero-order valence-corrected chi connectivity index (χ0v) is 18.0. The summed E-state index contributed by atoms with van der Waals surface area (Å²) in [5.74, 6) is -13.4. The van der Waals surface area contributed by atoms with Crippen LogP contribution >= 0.6 is 0 Å². The van der Waals surface area contributed by atoms with E-state index in [1.54, 1.807) is 24.3 Å². The van der Waals surface area contributed by atoms with Crippen molar-refractivity contribution < 1.29 is 48.0 Å². The number of methoxy groups -OCH3 is 4. The van der Waals surface area contributed by atoms with E-state index >= 15 is 0 Å². The van der Waals surface area contributed by atoms with Crippen LogP contribution in [0.1, 0.15) is 23.0 Å². The van der Waals surface area contributed by atoms with Crippen molar-refractivity contribution in [3.05, 3.63) is 35.4 Å². The van der Waals surface area contributed by atoms with Crippen LogP contribution in [-0.2, 0) is 42.9 Å². The Labute approximate surface area is 183 Å². The summed E-state index contributed by atoms with van der Waals surface area (Å²) in [6.07, 6.45) is -1.73. The van der Waals surface area contributed by atoms with Crippen molar-refractivity contribution in [1.29, 1.82) is 0 Å². The SMILES string of the molecule is COC(=O)[C@@H]1C(=O)[C@H](C(=O)OC)[C@@H]2c3ccccc3[C@H]1[C@H](C(=O)OC)C(O)[C@@H]2C(=O)OC. The first-order valence-electron chi connectivity index (χ1n) is 9.87. The summed E-state index contributed by atoms with van der Waals surface area (Å²) < 4.78 is 19.4. The molecule has 2 aliphatic rings. The lowest BCUT2D eigenvalue weighted by Gasteiger charge is -2.38. The fraction of sp³-hybridized carbons (Fsp3) is 0.500. The summed E-state index contributed by atoms with van der Waals surface area (Å²) >= 11 is 0. The van der Waals surface area contributed by atoms with Crippen molar-refractivity contribution in [3.8, 4) is 0 Å². The van der Waals surface area contributed by atoms with Gasteiger partial charge in [-0.05, 0) is 11.1 Å². The molecule has 0 aliphatic heterocycles. The number of carbonyl (C=O) groups is 5. The van der Waals surface area contributed by atoms with E-state index in [1.165, 1.54) is 0 Å². The molecule has 3 rings (SSSR count). The lowest BCUT2D eigenvalue weighted by Crippen LogP contribution is -2.53. The second-order valence-corrected chi connectivity index (χ2v) is 7.67. The first kappa shape index (κ1) is 23.4. The topological polar surface area (TPSA) is 142 Å². The average molecular weight is 448 g/mol. The molecule has 172 valence electrons. The van der Waals surface area contributed by atoms with Gasteiger partial charge in [-0.25, -0.2) is 0 Å². The molecular weight excluding hydrogens is 424 g/mol. The monoisotopic (exact) mass is 448 g/mol. The van der Waals surface area contributed by atoms with Crippen LogP contribution in [0, 0.1) is 23.7 Å². The molecule has 0 aromatic heterocycles. The van der Waals surface area contributed by atoms with E-state index in [9.17, 15) is 29.1 Å². The second kappa shape index (κ2) is 9.07. The van der Waals surface area contributed by atoms with Crippen LogP contribution < -0.4 is 0 Å². The number of ketones is 1. The van der Waals surface area contributed by atoms with Crippen LogP contribution in [0.3, 0.4) is 0 Å². The van der Waals surface area contributed by atoms with E-state index in [1.807, 2.05) is 0 Å². The summed E-state index contributed by atoms with van der Waals surface area (Å²) in [4.78, 5) is 65.0. The van der Waals surface area contributed by atoms with Gasteiger partial charge in [0.1, 0.15) is 11.8 Å². The normalized spacial score (nSPS) is 30.9. The molecule has 0 spiro atoms. The zero-order chi connectivity index (χ0) is 23.7. The van der Waals surface area contributed by atoms with Gasteiger partial charge in [-0.15, -0.1) is 0 Å². The van der Waals surface area contributed by atoms with E-state index in [2.05, 4.69) is 0 Å². The zero-order valence-electron chi connectivity index (χ0n) is 18.0. The third-order valence-corrected chi connectivity index (χ3v) is 6.41. The number of rotatable bonds is 4. The summed E-state index contributed by atoms with van der Waals surface area (Å²) in [5.41, 5.74) is 0.710. The second-order valence-electron chi connectivity index (χ2n) is 7.67. The van der Waals surface area contributed by atoms with Crippen LogP contribution in [0.15, 0.2) is 24.3 Å². The van der Waals surface area contributed by atoms with Gasteiger partial charge in [0, 0.05) is 11.8 Å². The molecule has 1 aromatic carbocycles. The number of carbonyl (C=O) groups excluding carboxylic acids is 5. The Kier molecular flexibility index (Phi) is 6.63. The highest BCUT2D eigenvalue weighted by atomic mass is 16.5. The van der Waals surface area contributed by atoms with E-state index in [4.69, 9.17) is 18.9 Å². The molecule has 0 fully saturated rings. The number of Topliss-reactive ketones (excluding diaryl/α,β-unsaturated/α-hetero) is 1. The molecule has 7 atom stereocenters. The summed E-state index contributed by atoms with van der Waals surface area (Å²) in [6, 6.07) is 6.41. The maximum atomic E-state index is 13.7. The van der Waals surface area contributed by atoms with Crippen molar-refractivity contribution in [2.24, 2.45) is 23.7 Å². The van der Waals surface area contributed by atoms with E-state index < -0.39 is 71.3 Å². The fourth-order valence-corrected chi connectivity index (χ4v) is 5.10. The van der Waals surface area contributed by atoms with Crippen molar-refractivity contribution in [2.75, 3.05) is 28.4 Å². The number of hydrogen-bond donors (Lipinski definition) is 1. The average Bonchev–Trinajstić information content (AvgIpc) is 2.98. The summed E-state index contributed by atoms with van der Waals surface area (Å²) in [5, 5.41) is 11.3. The lowest BCUT2D eigenvalue weighted by molar-refractivity contribution is -0.168. The minimum atomic E-state index is -1.73. The molecule has 0 saturated carbocycles. The molecule has 1 N–H and O–H groups in total. The number of aliphatic hydroxyl groups is 1. The van der Waals surface area contributed by atoms with Gasteiger partial charge in [0.15, 0.2) is 5.78 Å². The van der Waals surface area contributed by atoms with E-state index in [0.29, 0.717) is 11.1 Å². The molecule has 0 radical (unpaired) electrons. The third kappa shape index (κ3) is 3.44. The Morgan fingerprint density at radius 3 is 1.34 bits per heavy atom. The van der Waals surface area contributed by atoms with Crippen molar-refractivity contribution in [2.45, 2.75) is 17.9 Å². The van der Waals surface area contributed by atoms with Crippen LogP contribution in [-0.4, -0.2) is 69.3 Å². The number of esters is 4. The van der Waals surface area contributed by atoms with Gasteiger partial charge in [0.05, 0.1) is 46.4 Å². The smallest absolute Gasteiger partial charge is 0.316 e. The molecule has 10 nitrogen and oxygen atoms in total. The predicted octanol–water partition coefficient (Wildman–Crippen LogP) is -0.0322. The highest BCUT2D eigenvalue weighted by Crippen LogP contribution is 2.54. The Balaban J connectivity index is 2.45. The molecule has 1 aromatic rings. The Morgan fingerprint density at radius 1 is 0.688 bits per heavy atom. The van der Waals surface area contributed by atoms with Gasteiger partial charge in [-0.3, -0.25) is 24.0 Å². The first-order chi connectivity index (χ1) is 15.2. The Morgan fingerprint density at radius 2 is 1.03 bits per heavy atom. The molecule has 10 heteroatoms. The van der Waals surface area contributed by atoms with Gasteiger partial charge in [-0.2, -0.15) is 0 Å². The first-order valence-corrected chi connectivity index (χ1v) is 9.87. The Bertz CT molecular complexity index is 881. The number of benzene rings is 1. The van der Waals surface area contributed by atoms with Crippen LogP contribution in [0.5, 0.6) is 0 Å². The molecule has 0 heterocycles. The van der Waals surface area contributed by atoms with Gasteiger partial charge in [0.2, 0.25) is 0 Å². The van der Waals surface area contributed by atoms with Gasteiger partial charge in [-0.1, -0.05) is 24.3 Å². The highest BCUT2D eigenvalue weighted by Gasteiger charge is 2.62. The molecule has 0 saturated heterocycles. The molecule has 1 unspecified atom stereocenters. The van der Waals surface area contributed by atoms with Crippen molar-refractivity contribution in [3.63, 3.8) is 0 Å². The Hall–Kier alpha value is -3.27. The molecule has 32 heavy (non-hydrogen) atoms. The number of ether oxygens (including phenoxy) is 4. The highest BCUT2D eigenvalue weighted by molar-refractivity contribution is 6.11. The van der Waals surface area contributed by atoms with Gasteiger partial charge in [0.25, 0.3) is 0 Å². The quantitative estimate of drug-likeness (QED) is 0.379. The minimum absolute atomic E-state index is 0.355. The number of hydrogen-bond acceptors (Lipinski definition) is 10. The van der Waals surface area contributed by atoms with Crippen LogP contribution in [0.4, 0.5) is 0 Å². The summed E-state index contributed by atoms with van der Waals surface area (Å²) in [7, 11) is 4.32. The maximum Gasteiger partial charge on any atom is 0.316 e. The lowest BCUT2D eigenvalue weighted by atomic mass is 9.65. The largest absolute Gasteiger partial charge is 0.469 e.